The van der Waals surface area contributed by atoms with Crippen LogP contribution in [0, 0.1) is 5.82 Å². The molecule has 1 heterocycles. The number of aromatic nitrogens is 2. The van der Waals surface area contributed by atoms with Crippen LogP contribution in [0.4, 0.5) is 10.1 Å². The van der Waals surface area contributed by atoms with Crippen LogP contribution in [0.25, 0.3) is 10.9 Å². The number of fused-ring (bicyclic) bond motifs is 1. The van der Waals surface area contributed by atoms with Crippen molar-refractivity contribution >= 4 is 60.6 Å². The van der Waals surface area contributed by atoms with Crippen molar-refractivity contribution in [1.82, 2.24) is 9.66 Å². The number of nitrogens with zero attached hydrogens (tertiary/aromatic N) is 3. The molecule has 184 valence electrons. The molecular formula is C26H21Br2FN4O3. The number of benzene rings is 3. The number of nitrogens with one attached hydrogen (secondary N) is 1. The zero-order valence-corrected chi connectivity index (χ0v) is 22.3. The van der Waals surface area contributed by atoms with Crippen molar-refractivity contribution in [2.24, 2.45) is 5.10 Å². The van der Waals surface area contributed by atoms with E-state index in [4.69, 9.17) is 4.74 Å². The molecule has 0 aliphatic carbocycles. The number of hydrogen-bond acceptors (Lipinski definition) is 5. The van der Waals surface area contributed by atoms with Crippen molar-refractivity contribution < 1.29 is 13.9 Å². The Morgan fingerprint density at radius 1 is 1.11 bits per heavy atom. The van der Waals surface area contributed by atoms with E-state index in [1.807, 2.05) is 13.0 Å². The molecule has 0 aliphatic heterocycles. The smallest absolute Gasteiger partial charge is 0.282 e. The van der Waals surface area contributed by atoms with E-state index in [1.54, 1.807) is 30.3 Å². The quantitative estimate of drug-likeness (QED) is 0.250. The van der Waals surface area contributed by atoms with Crippen molar-refractivity contribution in [2.45, 2.75) is 19.8 Å². The standard InChI is InChI=1S/C26H21Br2FN4O3/c1-2-3-24-32-22-10-4-18(28)13-21(22)26(35)33(24)30-14-16-12-17(27)5-11-23(16)36-15-25(34)31-20-8-6-19(29)7-9-20/h4-14H,2-3,15H2,1H3,(H,31,34). The van der Waals surface area contributed by atoms with Crippen molar-refractivity contribution in [1.29, 1.82) is 0 Å². The van der Waals surface area contributed by atoms with Crippen LogP contribution in [-0.2, 0) is 11.2 Å². The summed E-state index contributed by atoms with van der Waals surface area (Å²) in [5.74, 6) is 0.152. The number of carbonyl (C=O) groups is 1. The Morgan fingerprint density at radius 3 is 2.58 bits per heavy atom. The summed E-state index contributed by atoms with van der Waals surface area (Å²) in [5.41, 5.74) is 1.34. The molecule has 0 aliphatic rings. The lowest BCUT2D eigenvalue weighted by atomic mass is 10.2. The number of anilines is 1. The van der Waals surface area contributed by atoms with Crippen molar-refractivity contribution in [2.75, 3.05) is 11.9 Å². The number of aryl methyl sites for hydroxylation is 1. The van der Waals surface area contributed by atoms with E-state index in [0.717, 1.165) is 15.4 Å². The van der Waals surface area contributed by atoms with Crippen LogP contribution in [0.15, 0.2) is 79.5 Å². The Labute approximate surface area is 223 Å². The van der Waals surface area contributed by atoms with Crippen LogP contribution in [0.3, 0.4) is 0 Å². The SMILES string of the molecule is CCCc1nc2ccc(Br)cc2c(=O)n1N=Cc1cc(Br)ccc1OCC(=O)Nc1ccc(F)cc1. The van der Waals surface area contributed by atoms with Crippen LogP contribution in [-0.4, -0.2) is 28.4 Å². The molecule has 0 radical (unpaired) electrons. The highest BCUT2D eigenvalue weighted by Gasteiger charge is 2.12. The molecule has 0 bridgehead atoms. The van der Waals surface area contributed by atoms with Crippen molar-refractivity contribution in [3.8, 4) is 5.75 Å². The number of hydrogen-bond donors (Lipinski definition) is 1. The second kappa shape index (κ2) is 11.6. The lowest BCUT2D eigenvalue weighted by molar-refractivity contribution is -0.118. The van der Waals surface area contributed by atoms with Gasteiger partial charge in [-0.3, -0.25) is 9.59 Å². The van der Waals surface area contributed by atoms with Gasteiger partial charge in [-0.25, -0.2) is 9.37 Å². The van der Waals surface area contributed by atoms with Crippen LogP contribution < -0.4 is 15.6 Å². The van der Waals surface area contributed by atoms with Crippen LogP contribution >= 0.6 is 31.9 Å². The Bertz CT molecular complexity index is 1500. The third-order valence-corrected chi connectivity index (χ3v) is 6.11. The second-order valence-electron chi connectivity index (χ2n) is 7.83. The van der Waals surface area contributed by atoms with Crippen LogP contribution in [0.5, 0.6) is 5.75 Å². The van der Waals surface area contributed by atoms with Gasteiger partial charge in [0.1, 0.15) is 17.4 Å². The maximum absolute atomic E-state index is 13.2. The Kier molecular flexibility index (Phi) is 8.27. The molecule has 0 unspecified atom stereocenters. The first kappa shape index (κ1) is 25.7. The Morgan fingerprint density at radius 2 is 1.83 bits per heavy atom. The highest BCUT2D eigenvalue weighted by molar-refractivity contribution is 9.10. The van der Waals surface area contributed by atoms with Crippen molar-refractivity contribution in [3.63, 3.8) is 0 Å². The average molecular weight is 616 g/mol. The lowest BCUT2D eigenvalue weighted by Crippen LogP contribution is -2.22. The molecule has 0 atom stereocenters. The predicted molar refractivity (Wildman–Crippen MR) is 145 cm³/mol. The minimum absolute atomic E-state index is 0.271. The first-order valence-electron chi connectivity index (χ1n) is 11.1. The van der Waals surface area contributed by atoms with E-state index in [0.29, 0.717) is 40.1 Å². The van der Waals surface area contributed by atoms with Gasteiger partial charge in [-0.15, -0.1) is 0 Å². The molecule has 4 aromatic rings. The van der Waals surface area contributed by atoms with Gasteiger partial charge in [0.25, 0.3) is 11.5 Å². The molecule has 0 saturated carbocycles. The van der Waals surface area contributed by atoms with E-state index >= 15 is 0 Å². The average Bonchev–Trinajstić information content (AvgIpc) is 2.85. The molecule has 1 N–H and O–H groups in total. The van der Waals surface area contributed by atoms with E-state index < -0.39 is 11.7 Å². The summed E-state index contributed by atoms with van der Waals surface area (Å²) in [6.45, 7) is 1.73. The van der Waals surface area contributed by atoms with E-state index in [2.05, 4.69) is 47.3 Å². The molecular weight excluding hydrogens is 595 g/mol. The molecule has 7 nitrogen and oxygen atoms in total. The summed E-state index contributed by atoms with van der Waals surface area (Å²) in [7, 11) is 0. The normalized spacial score (nSPS) is 11.2. The molecule has 10 heteroatoms. The Balaban J connectivity index is 1.60. The van der Waals surface area contributed by atoms with Gasteiger partial charge in [0.2, 0.25) is 0 Å². The van der Waals surface area contributed by atoms with E-state index in [1.165, 1.54) is 35.2 Å². The third-order valence-electron chi connectivity index (χ3n) is 5.12. The fourth-order valence-corrected chi connectivity index (χ4v) is 4.18. The monoisotopic (exact) mass is 614 g/mol. The fraction of sp³-hybridized carbons (Fsp3) is 0.154. The highest BCUT2D eigenvalue weighted by Crippen LogP contribution is 2.22. The van der Waals surface area contributed by atoms with Gasteiger partial charge >= 0.3 is 0 Å². The van der Waals surface area contributed by atoms with Gasteiger partial charge in [0, 0.05) is 26.6 Å². The second-order valence-corrected chi connectivity index (χ2v) is 9.66. The molecule has 36 heavy (non-hydrogen) atoms. The summed E-state index contributed by atoms with van der Waals surface area (Å²) < 4.78 is 21.6. The number of ether oxygens (including phenoxy) is 1. The van der Waals surface area contributed by atoms with Gasteiger partial charge in [0.15, 0.2) is 6.61 Å². The Hall–Kier alpha value is -3.37. The van der Waals surface area contributed by atoms with Crippen molar-refractivity contribution in [3.05, 3.63) is 97.2 Å². The summed E-state index contributed by atoms with van der Waals surface area (Å²) in [6.07, 6.45) is 2.87. The molecule has 1 aromatic heterocycles. The van der Waals surface area contributed by atoms with E-state index in [9.17, 15) is 14.0 Å². The molecule has 1 amide bonds. The first-order valence-corrected chi connectivity index (χ1v) is 12.7. The number of carbonyl (C=O) groups excluding carboxylic acids is 1. The summed E-state index contributed by atoms with van der Waals surface area (Å²) in [5, 5.41) is 7.54. The van der Waals surface area contributed by atoms with Gasteiger partial charge in [-0.05, 0) is 67.1 Å². The number of amides is 1. The van der Waals surface area contributed by atoms with Gasteiger partial charge in [0.05, 0.1) is 17.1 Å². The number of halogens is 3. The van der Waals surface area contributed by atoms with Gasteiger partial charge < -0.3 is 10.1 Å². The topological polar surface area (TPSA) is 85.6 Å². The molecule has 0 fully saturated rings. The summed E-state index contributed by atoms with van der Waals surface area (Å²) in [6, 6.07) is 16.0. The molecule has 4 rings (SSSR count). The van der Waals surface area contributed by atoms with Gasteiger partial charge in [-0.1, -0.05) is 38.8 Å². The summed E-state index contributed by atoms with van der Waals surface area (Å²) in [4.78, 5) is 30.2. The number of rotatable bonds is 8. The van der Waals surface area contributed by atoms with Crippen LogP contribution in [0.2, 0.25) is 0 Å². The maximum atomic E-state index is 13.2. The third kappa shape index (κ3) is 6.24. The molecule has 0 spiro atoms. The maximum Gasteiger partial charge on any atom is 0.282 e. The molecule has 0 saturated heterocycles. The zero-order valence-electron chi connectivity index (χ0n) is 19.2. The fourth-order valence-electron chi connectivity index (χ4n) is 3.44. The highest BCUT2D eigenvalue weighted by atomic mass is 79.9. The summed E-state index contributed by atoms with van der Waals surface area (Å²) >= 11 is 6.83. The first-order chi connectivity index (χ1) is 17.3. The van der Waals surface area contributed by atoms with Crippen LogP contribution in [0.1, 0.15) is 24.7 Å². The minimum atomic E-state index is -0.404. The minimum Gasteiger partial charge on any atom is -0.483 e. The molecule has 3 aromatic carbocycles. The largest absolute Gasteiger partial charge is 0.483 e. The predicted octanol–water partition coefficient (Wildman–Crippen LogP) is 5.91. The zero-order chi connectivity index (χ0) is 25.7. The lowest BCUT2D eigenvalue weighted by Gasteiger charge is -2.11. The van der Waals surface area contributed by atoms with Gasteiger partial charge in [-0.2, -0.15) is 9.78 Å². The van der Waals surface area contributed by atoms with E-state index in [-0.39, 0.29) is 12.2 Å².